The van der Waals surface area contributed by atoms with E-state index in [0.717, 1.165) is 48.2 Å². The maximum atomic E-state index is 5.59. The summed E-state index contributed by atoms with van der Waals surface area (Å²) in [6, 6.07) is 18.5. The Balaban J connectivity index is 1.39. The average Bonchev–Trinajstić information content (AvgIpc) is 3.44. The van der Waals surface area contributed by atoms with E-state index in [1.807, 2.05) is 50.6 Å². The Hall–Kier alpha value is -3.28. The Morgan fingerprint density at radius 1 is 1.17 bits per heavy atom. The molecule has 0 unspecified atom stereocenters. The van der Waals surface area contributed by atoms with Gasteiger partial charge in [0.15, 0.2) is 5.96 Å². The quantitative estimate of drug-likeness (QED) is 0.465. The van der Waals surface area contributed by atoms with Gasteiger partial charge in [0.25, 0.3) is 0 Å². The summed E-state index contributed by atoms with van der Waals surface area (Å²) in [6.45, 7) is 1.48. The standard InChI is InChI=1S/C24H29N5O/c1-25-23(27-17-24(13-14-24)19-11-7-8-12-21(19)30-3)29(2)16-22-26-15-20(28-22)18-9-5-4-6-10-18/h4-12,15H,13-14,16-17H2,1-3H3,(H,25,27)(H,26,28). The maximum Gasteiger partial charge on any atom is 0.193 e. The lowest BCUT2D eigenvalue weighted by atomic mass is 9.95. The lowest BCUT2D eigenvalue weighted by Crippen LogP contribution is -2.42. The number of aliphatic imine (C=N–C) groups is 1. The molecule has 1 saturated carbocycles. The minimum absolute atomic E-state index is 0.120. The molecule has 0 saturated heterocycles. The van der Waals surface area contributed by atoms with Crippen molar-refractivity contribution in [1.29, 1.82) is 0 Å². The van der Waals surface area contributed by atoms with Gasteiger partial charge in [0, 0.05) is 31.6 Å². The van der Waals surface area contributed by atoms with Crippen LogP contribution in [0.25, 0.3) is 11.3 Å². The predicted molar refractivity (Wildman–Crippen MR) is 121 cm³/mol. The van der Waals surface area contributed by atoms with E-state index < -0.39 is 0 Å². The third-order valence-electron chi connectivity index (χ3n) is 5.79. The van der Waals surface area contributed by atoms with Crippen molar-refractivity contribution >= 4 is 5.96 Å². The molecule has 30 heavy (non-hydrogen) atoms. The van der Waals surface area contributed by atoms with Crippen molar-refractivity contribution in [1.82, 2.24) is 20.2 Å². The molecule has 1 heterocycles. The zero-order chi connectivity index (χ0) is 21.0. The lowest BCUT2D eigenvalue weighted by molar-refractivity contribution is 0.402. The van der Waals surface area contributed by atoms with Crippen molar-refractivity contribution in [3.63, 3.8) is 0 Å². The molecule has 2 N–H and O–H groups in total. The highest BCUT2D eigenvalue weighted by atomic mass is 16.5. The van der Waals surface area contributed by atoms with Crippen molar-refractivity contribution in [3.05, 3.63) is 72.2 Å². The van der Waals surface area contributed by atoms with Crippen LogP contribution in [0.4, 0.5) is 0 Å². The van der Waals surface area contributed by atoms with Crippen LogP contribution in [0.1, 0.15) is 24.2 Å². The van der Waals surface area contributed by atoms with E-state index in [0.29, 0.717) is 6.54 Å². The minimum Gasteiger partial charge on any atom is -0.496 e. The first-order chi connectivity index (χ1) is 14.6. The van der Waals surface area contributed by atoms with Gasteiger partial charge in [0.1, 0.15) is 11.6 Å². The van der Waals surface area contributed by atoms with Gasteiger partial charge in [0.05, 0.1) is 25.5 Å². The molecule has 1 fully saturated rings. The van der Waals surface area contributed by atoms with Crippen LogP contribution in [0.5, 0.6) is 5.75 Å². The van der Waals surface area contributed by atoms with Crippen LogP contribution in [0.3, 0.4) is 0 Å². The lowest BCUT2D eigenvalue weighted by Gasteiger charge is -2.25. The largest absolute Gasteiger partial charge is 0.496 e. The van der Waals surface area contributed by atoms with Crippen LogP contribution in [-0.2, 0) is 12.0 Å². The van der Waals surface area contributed by atoms with E-state index in [1.54, 1.807) is 7.11 Å². The van der Waals surface area contributed by atoms with E-state index in [9.17, 15) is 0 Å². The Bertz CT molecular complexity index is 1010. The number of ether oxygens (including phenoxy) is 1. The molecule has 0 radical (unpaired) electrons. The summed E-state index contributed by atoms with van der Waals surface area (Å²) in [6.07, 6.45) is 4.19. The summed E-state index contributed by atoms with van der Waals surface area (Å²) in [4.78, 5) is 14.5. The second-order valence-electron chi connectivity index (χ2n) is 7.85. The van der Waals surface area contributed by atoms with Gasteiger partial charge in [-0.25, -0.2) is 4.98 Å². The number of H-pyrrole nitrogens is 1. The third-order valence-corrected chi connectivity index (χ3v) is 5.79. The van der Waals surface area contributed by atoms with Gasteiger partial charge in [-0.3, -0.25) is 4.99 Å². The Morgan fingerprint density at radius 2 is 1.90 bits per heavy atom. The van der Waals surface area contributed by atoms with Crippen LogP contribution in [0, 0.1) is 0 Å². The number of hydrogen-bond acceptors (Lipinski definition) is 3. The number of guanidine groups is 1. The molecule has 0 atom stereocenters. The number of imidazole rings is 1. The number of hydrogen-bond donors (Lipinski definition) is 2. The van der Waals surface area contributed by atoms with Gasteiger partial charge in [-0.05, 0) is 24.5 Å². The number of aromatic nitrogens is 2. The van der Waals surface area contributed by atoms with Crippen LogP contribution in [-0.4, -0.2) is 48.6 Å². The van der Waals surface area contributed by atoms with Gasteiger partial charge >= 0.3 is 0 Å². The van der Waals surface area contributed by atoms with Gasteiger partial charge in [-0.2, -0.15) is 0 Å². The molecule has 156 valence electrons. The number of para-hydroxylation sites is 1. The Morgan fingerprint density at radius 3 is 2.60 bits per heavy atom. The summed E-state index contributed by atoms with van der Waals surface area (Å²) >= 11 is 0. The zero-order valence-electron chi connectivity index (χ0n) is 17.9. The summed E-state index contributed by atoms with van der Waals surface area (Å²) in [7, 11) is 5.59. The molecule has 6 heteroatoms. The fourth-order valence-corrected chi connectivity index (χ4v) is 3.91. The van der Waals surface area contributed by atoms with Crippen molar-refractivity contribution < 1.29 is 4.74 Å². The summed E-state index contributed by atoms with van der Waals surface area (Å²) in [5.41, 5.74) is 3.55. The molecular weight excluding hydrogens is 374 g/mol. The van der Waals surface area contributed by atoms with Gasteiger partial charge in [-0.1, -0.05) is 48.5 Å². The molecule has 0 bridgehead atoms. The number of methoxy groups -OCH3 is 1. The first kappa shape index (κ1) is 20.0. The molecular formula is C24H29N5O. The van der Waals surface area contributed by atoms with Gasteiger partial charge in [-0.15, -0.1) is 0 Å². The van der Waals surface area contributed by atoms with Crippen molar-refractivity contribution in [3.8, 4) is 17.0 Å². The fraction of sp³-hybridized carbons (Fsp3) is 0.333. The van der Waals surface area contributed by atoms with E-state index in [1.165, 1.54) is 5.56 Å². The number of benzene rings is 2. The molecule has 4 rings (SSSR count). The molecule has 0 aliphatic heterocycles. The highest BCUT2D eigenvalue weighted by molar-refractivity contribution is 5.79. The number of aromatic amines is 1. The highest BCUT2D eigenvalue weighted by Crippen LogP contribution is 2.50. The number of nitrogens with one attached hydrogen (secondary N) is 2. The molecule has 0 spiro atoms. The van der Waals surface area contributed by atoms with E-state index in [2.05, 4.69) is 49.4 Å². The SMILES string of the molecule is CN=C(NCC1(c2ccccc2OC)CC1)N(C)Cc1ncc(-c2ccccc2)[nH]1. The first-order valence-corrected chi connectivity index (χ1v) is 10.3. The van der Waals surface area contributed by atoms with Crippen LogP contribution in [0.15, 0.2) is 65.8 Å². The van der Waals surface area contributed by atoms with Gasteiger partial charge < -0.3 is 19.9 Å². The van der Waals surface area contributed by atoms with Crippen molar-refractivity contribution in [2.75, 3.05) is 27.7 Å². The first-order valence-electron chi connectivity index (χ1n) is 10.3. The Kier molecular flexibility index (Phi) is 5.74. The monoisotopic (exact) mass is 403 g/mol. The maximum absolute atomic E-state index is 5.59. The van der Waals surface area contributed by atoms with E-state index >= 15 is 0 Å². The molecule has 6 nitrogen and oxygen atoms in total. The van der Waals surface area contributed by atoms with Crippen molar-refractivity contribution in [2.45, 2.75) is 24.8 Å². The molecule has 1 aliphatic rings. The van der Waals surface area contributed by atoms with E-state index in [-0.39, 0.29) is 5.41 Å². The predicted octanol–water partition coefficient (Wildman–Crippen LogP) is 3.82. The molecule has 0 amide bonds. The number of rotatable bonds is 7. The highest BCUT2D eigenvalue weighted by Gasteiger charge is 2.46. The third kappa shape index (κ3) is 4.17. The van der Waals surface area contributed by atoms with Gasteiger partial charge in [0.2, 0.25) is 0 Å². The van der Waals surface area contributed by atoms with Crippen LogP contribution < -0.4 is 10.1 Å². The van der Waals surface area contributed by atoms with Crippen molar-refractivity contribution in [2.24, 2.45) is 4.99 Å². The average molecular weight is 404 g/mol. The molecule has 1 aromatic heterocycles. The fourth-order valence-electron chi connectivity index (χ4n) is 3.91. The molecule has 2 aromatic carbocycles. The summed E-state index contributed by atoms with van der Waals surface area (Å²) in [5, 5.41) is 3.56. The number of nitrogens with zero attached hydrogens (tertiary/aromatic N) is 3. The van der Waals surface area contributed by atoms with Crippen LogP contribution in [0.2, 0.25) is 0 Å². The topological polar surface area (TPSA) is 65.5 Å². The van der Waals surface area contributed by atoms with Crippen LogP contribution >= 0.6 is 0 Å². The Labute approximate surface area is 178 Å². The second-order valence-corrected chi connectivity index (χ2v) is 7.85. The normalized spacial score (nSPS) is 15.0. The summed E-state index contributed by atoms with van der Waals surface area (Å²) < 4.78 is 5.59. The summed E-state index contributed by atoms with van der Waals surface area (Å²) in [5.74, 6) is 2.73. The van der Waals surface area contributed by atoms with E-state index in [4.69, 9.17) is 4.74 Å². The minimum atomic E-state index is 0.120. The second kappa shape index (κ2) is 8.61. The molecule has 1 aliphatic carbocycles. The molecule has 3 aromatic rings. The smallest absolute Gasteiger partial charge is 0.193 e. The zero-order valence-corrected chi connectivity index (χ0v) is 17.9.